The monoisotopic (exact) mass is 646 g/mol. The van der Waals surface area contributed by atoms with Crippen molar-refractivity contribution in [2.45, 2.75) is 4.90 Å². The fourth-order valence-electron chi connectivity index (χ4n) is 4.03. The van der Waals surface area contributed by atoms with E-state index in [1.165, 1.54) is 56.3 Å². The summed E-state index contributed by atoms with van der Waals surface area (Å²) in [7, 11) is 2.93. The molecule has 3 amide bonds. The molecule has 13 heteroatoms. The second-order valence-electron chi connectivity index (χ2n) is 9.20. The summed E-state index contributed by atoms with van der Waals surface area (Å²) in [6, 6.07) is 23.9. The minimum Gasteiger partial charge on any atom is -0.495 e. The van der Waals surface area contributed by atoms with Gasteiger partial charge in [-0.25, -0.2) is 0 Å². The number of ether oxygens (including phenoxy) is 2. The van der Waals surface area contributed by atoms with Crippen LogP contribution in [0.3, 0.4) is 0 Å². The maximum absolute atomic E-state index is 13.4. The lowest BCUT2D eigenvalue weighted by atomic mass is 10.1. The number of halogens is 1. The van der Waals surface area contributed by atoms with Crippen LogP contribution in [0.4, 0.5) is 17.1 Å². The summed E-state index contributed by atoms with van der Waals surface area (Å²) < 4.78 is 10.5. The Bertz CT molecular complexity index is 1770. The number of hydrogen-bond acceptors (Lipinski definition) is 8. The van der Waals surface area contributed by atoms with Crippen LogP contribution in [0.2, 0.25) is 5.02 Å². The van der Waals surface area contributed by atoms with Gasteiger partial charge in [-0.3, -0.25) is 24.5 Å². The first-order valence-electron chi connectivity index (χ1n) is 13.3. The number of nitrogens with zero attached hydrogens (tertiary/aromatic N) is 1. The number of carbonyl (C=O) groups is 3. The van der Waals surface area contributed by atoms with Crippen molar-refractivity contribution in [3.8, 4) is 11.5 Å². The third-order valence-corrected chi connectivity index (χ3v) is 7.46. The number of methoxy groups -OCH3 is 2. The number of para-hydroxylation sites is 1. The van der Waals surface area contributed by atoms with E-state index in [-0.39, 0.29) is 28.6 Å². The van der Waals surface area contributed by atoms with E-state index < -0.39 is 16.7 Å². The standard InChI is InChI=1S/C32H27ClN4O7S/c1-43-28-18-29(44-2)25(17-24(28)33)35-30(38)19-45-23-13-8-12-22(16-23)34-32(40)26(36-31(39)20-9-4-3-5-10-20)15-21-11-6-7-14-27(21)37(41)42/h3-18H,19H2,1-2H3,(H,34,40)(H,35,38)(H,36,39)/b26-15+. The Morgan fingerprint density at radius 3 is 2.31 bits per heavy atom. The number of nitro groups is 1. The minimum absolute atomic E-state index is 0.0279. The van der Waals surface area contributed by atoms with E-state index in [4.69, 9.17) is 21.1 Å². The smallest absolute Gasteiger partial charge is 0.276 e. The molecule has 4 rings (SSSR count). The third kappa shape index (κ3) is 8.85. The Morgan fingerprint density at radius 2 is 1.60 bits per heavy atom. The Hall–Kier alpha value is -5.33. The van der Waals surface area contributed by atoms with Gasteiger partial charge in [0.1, 0.15) is 17.2 Å². The molecule has 0 atom stereocenters. The average Bonchev–Trinajstić information content (AvgIpc) is 3.04. The second kappa shape index (κ2) is 15.4. The summed E-state index contributed by atoms with van der Waals surface area (Å²) in [6.07, 6.45) is 1.25. The first kappa shape index (κ1) is 32.6. The maximum Gasteiger partial charge on any atom is 0.276 e. The van der Waals surface area contributed by atoms with Crippen molar-refractivity contribution in [1.82, 2.24) is 5.32 Å². The van der Waals surface area contributed by atoms with Crippen molar-refractivity contribution in [1.29, 1.82) is 0 Å². The number of nitrogens with one attached hydrogen (secondary N) is 3. The summed E-state index contributed by atoms with van der Waals surface area (Å²) in [4.78, 5) is 50.7. The average molecular weight is 647 g/mol. The summed E-state index contributed by atoms with van der Waals surface area (Å²) in [5.74, 6) is -0.795. The van der Waals surface area contributed by atoms with E-state index in [0.717, 1.165) is 0 Å². The number of nitro benzene ring substituents is 1. The number of amides is 3. The van der Waals surface area contributed by atoms with Gasteiger partial charge in [0.25, 0.3) is 17.5 Å². The van der Waals surface area contributed by atoms with E-state index in [1.54, 1.807) is 66.7 Å². The molecule has 3 N–H and O–H groups in total. The Kier molecular flexibility index (Phi) is 11.2. The molecule has 0 saturated carbocycles. The zero-order chi connectivity index (χ0) is 32.3. The highest BCUT2D eigenvalue weighted by Gasteiger charge is 2.19. The molecule has 0 bridgehead atoms. The fourth-order valence-corrected chi connectivity index (χ4v) is 5.02. The number of hydrogen-bond donors (Lipinski definition) is 3. The van der Waals surface area contributed by atoms with Crippen LogP contribution in [-0.4, -0.2) is 42.6 Å². The van der Waals surface area contributed by atoms with Gasteiger partial charge in [-0.15, -0.1) is 11.8 Å². The van der Waals surface area contributed by atoms with Crippen LogP contribution in [0.15, 0.2) is 102 Å². The second-order valence-corrected chi connectivity index (χ2v) is 10.7. The van der Waals surface area contributed by atoms with Crippen molar-refractivity contribution in [3.63, 3.8) is 0 Å². The van der Waals surface area contributed by atoms with Crippen molar-refractivity contribution >= 4 is 64.2 Å². The van der Waals surface area contributed by atoms with E-state index in [0.29, 0.717) is 38.4 Å². The zero-order valence-corrected chi connectivity index (χ0v) is 25.6. The van der Waals surface area contributed by atoms with Gasteiger partial charge in [0.2, 0.25) is 5.91 Å². The number of rotatable bonds is 12. The third-order valence-electron chi connectivity index (χ3n) is 6.17. The molecule has 4 aromatic rings. The van der Waals surface area contributed by atoms with Gasteiger partial charge in [-0.2, -0.15) is 0 Å². The molecule has 0 aliphatic carbocycles. The lowest BCUT2D eigenvalue weighted by Gasteiger charge is -2.13. The lowest BCUT2D eigenvalue weighted by Crippen LogP contribution is -2.30. The summed E-state index contributed by atoms with van der Waals surface area (Å²) in [5.41, 5.74) is 0.739. The predicted molar refractivity (Wildman–Crippen MR) is 174 cm³/mol. The quantitative estimate of drug-likeness (QED) is 0.0692. The van der Waals surface area contributed by atoms with E-state index in [1.807, 2.05) is 0 Å². The van der Waals surface area contributed by atoms with Crippen molar-refractivity contribution in [3.05, 3.63) is 123 Å². The molecule has 0 radical (unpaired) electrons. The highest BCUT2D eigenvalue weighted by Crippen LogP contribution is 2.36. The molecule has 0 aromatic heterocycles. The molecule has 0 aliphatic heterocycles. The van der Waals surface area contributed by atoms with Gasteiger partial charge in [-0.05, 0) is 48.5 Å². The first-order valence-corrected chi connectivity index (χ1v) is 14.6. The summed E-state index contributed by atoms with van der Waals surface area (Å²) in [5, 5.41) is 19.9. The SMILES string of the molecule is COc1cc(OC)c(NC(=O)CSc2cccc(NC(=O)/C(=C\c3ccccc3[N+](=O)[O-])NC(=O)c3ccccc3)c2)cc1Cl. The highest BCUT2D eigenvalue weighted by molar-refractivity contribution is 8.00. The molecule has 4 aromatic carbocycles. The van der Waals surface area contributed by atoms with E-state index >= 15 is 0 Å². The maximum atomic E-state index is 13.4. The molecule has 230 valence electrons. The Balaban J connectivity index is 1.49. The normalized spacial score (nSPS) is 10.9. The lowest BCUT2D eigenvalue weighted by molar-refractivity contribution is -0.385. The highest BCUT2D eigenvalue weighted by atomic mass is 35.5. The van der Waals surface area contributed by atoms with Crippen LogP contribution in [0.25, 0.3) is 6.08 Å². The van der Waals surface area contributed by atoms with Gasteiger partial charge < -0.3 is 25.4 Å². The van der Waals surface area contributed by atoms with Crippen molar-refractivity contribution in [2.75, 3.05) is 30.6 Å². The van der Waals surface area contributed by atoms with E-state index in [9.17, 15) is 24.5 Å². The van der Waals surface area contributed by atoms with Crippen LogP contribution in [0.1, 0.15) is 15.9 Å². The van der Waals surface area contributed by atoms with Gasteiger partial charge in [0.15, 0.2) is 0 Å². The number of thioether (sulfide) groups is 1. The molecule has 0 unspecified atom stereocenters. The van der Waals surface area contributed by atoms with Gasteiger partial charge in [0.05, 0.1) is 41.2 Å². The van der Waals surface area contributed by atoms with Crippen molar-refractivity contribution < 1.29 is 28.8 Å². The van der Waals surface area contributed by atoms with Crippen LogP contribution in [-0.2, 0) is 9.59 Å². The summed E-state index contributed by atoms with van der Waals surface area (Å²) in [6.45, 7) is 0. The van der Waals surface area contributed by atoms with Crippen molar-refractivity contribution in [2.24, 2.45) is 0 Å². The molecule has 0 fully saturated rings. The van der Waals surface area contributed by atoms with Gasteiger partial charge in [-0.1, -0.05) is 48.0 Å². The Morgan fingerprint density at radius 1 is 0.889 bits per heavy atom. The fraction of sp³-hybridized carbons (Fsp3) is 0.0938. The van der Waals surface area contributed by atoms with Gasteiger partial charge >= 0.3 is 0 Å². The molecule has 11 nitrogen and oxygen atoms in total. The number of carbonyl (C=O) groups excluding carboxylic acids is 3. The van der Waals surface area contributed by atoms with Crippen LogP contribution in [0, 0.1) is 10.1 Å². The van der Waals surface area contributed by atoms with Crippen LogP contribution >= 0.6 is 23.4 Å². The topological polar surface area (TPSA) is 149 Å². The van der Waals surface area contributed by atoms with E-state index in [2.05, 4.69) is 16.0 Å². The molecule has 0 heterocycles. The molecule has 0 spiro atoms. The molecular formula is C32H27ClN4O7S. The molecule has 0 aliphatic rings. The molecule has 45 heavy (non-hydrogen) atoms. The number of anilines is 2. The van der Waals surface area contributed by atoms with Crippen LogP contribution < -0.4 is 25.4 Å². The minimum atomic E-state index is -0.708. The first-order chi connectivity index (χ1) is 21.7. The summed E-state index contributed by atoms with van der Waals surface area (Å²) >= 11 is 7.41. The number of benzene rings is 4. The Labute approximate surface area is 267 Å². The molecule has 0 saturated heterocycles. The largest absolute Gasteiger partial charge is 0.495 e. The van der Waals surface area contributed by atoms with Crippen LogP contribution in [0.5, 0.6) is 11.5 Å². The molecular weight excluding hydrogens is 620 g/mol. The van der Waals surface area contributed by atoms with Gasteiger partial charge in [0, 0.05) is 28.3 Å². The predicted octanol–water partition coefficient (Wildman–Crippen LogP) is 6.41. The zero-order valence-electron chi connectivity index (χ0n) is 24.0.